The lowest BCUT2D eigenvalue weighted by molar-refractivity contribution is 0.0987. The van der Waals surface area contributed by atoms with E-state index in [0.717, 1.165) is 5.69 Å². The molecule has 0 radical (unpaired) electrons. The molecular formula is C13H15N3O2. The summed E-state index contributed by atoms with van der Waals surface area (Å²) >= 11 is 0. The molecule has 1 aromatic carbocycles. The summed E-state index contributed by atoms with van der Waals surface area (Å²) in [7, 11) is 3.45. The van der Waals surface area contributed by atoms with Crippen molar-refractivity contribution in [1.29, 1.82) is 0 Å². The highest BCUT2D eigenvalue weighted by Crippen LogP contribution is 2.20. The largest absolute Gasteiger partial charge is 0.508 e. The van der Waals surface area contributed by atoms with Crippen LogP contribution in [0.25, 0.3) is 0 Å². The molecule has 0 fully saturated rings. The Kier molecular flexibility index (Phi) is 3.06. The summed E-state index contributed by atoms with van der Waals surface area (Å²) < 4.78 is 1.66. The lowest BCUT2D eigenvalue weighted by Crippen LogP contribution is -2.26. The molecular weight excluding hydrogens is 230 g/mol. The van der Waals surface area contributed by atoms with Gasteiger partial charge in [-0.15, -0.1) is 0 Å². The predicted molar refractivity (Wildman–Crippen MR) is 68.8 cm³/mol. The molecule has 1 N–H and O–H groups in total. The quantitative estimate of drug-likeness (QED) is 0.876. The summed E-state index contributed by atoms with van der Waals surface area (Å²) in [6.45, 7) is 1.89. The molecule has 1 aromatic heterocycles. The molecule has 1 heterocycles. The van der Waals surface area contributed by atoms with Crippen LogP contribution in [0.2, 0.25) is 0 Å². The molecule has 2 aromatic rings. The van der Waals surface area contributed by atoms with Gasteiger partial charge in [-0.2, -0.15) is 5.10 Å². The molecule has 0 saturated carbocycles. The number of aromatic nitrogens is 2. The van der Waals surface area contributed by atoms with Gasteiger partial charge in [0.15, 0.2) is 5.69 Å². The van der Waals surface area contributed by atoms with Gasteiger partial charge in [0.1, 0.15) is 5.75 Å². The molecule has 5 heteroatoms. The van der Waals surface area contributed by atoms with Crippen LogP contribution in [0.5, 0.6) is 5.75 Å². The van der Waals surface area contributed by atoms with E-state index in [1.165, 1.54) is 11.0 Å². The van der Waals surface area contributed by atoms with Crippen molar-refractivity contribution in [3.63, 3.8) is 0 Å². The zero-order valence-corrected chi connectivity index (χ0v) is 10.6. The van der Waals surface area contributed by atoms with E-state index in [1.54, 1.807) is 43.0 Å². The average molecular weight is 245 g/mol. The molecule has 0 unspecified atom stereocenters. The van der Waals surface area contributed by atoms with Gasteiger partial charge in [0.25, 0.3) is 5.91 Å². The molecule has 0 aliphatic heterocycles. The van der Waals surface area contributed by atoms with Gasteiger partial charge in [0, 0.05) is 31.5 Å². The topological polar surface area (TPSA) is 58.4 Å². The van der Waals surface area contributed by atoms with E-state index in [4.69, 9.17) is 0 Å². The smallest absolute Gasteiger partial charge is 0.278 e. The zero-order chi connectivity index (χ0) is 13.3. The minimum atomic E-state index is -0.204. The van der Waals surface area contributed by atoms with Crippen LogP contribution in [0, 0.1) is 6.92 Å². The summed E-state index contributed by atoms with van der Waals surface area (Å²) in [6, 6.07) is 8.29. The maximum atomic E-state index is 12.2. The molecule has 0 aliphatic rings. The molecule has 5 nitrogen and oxygen atoms in total. The first-order chi connectivity index (χ1) is 8.49. The van der Waals surface area contributed by atoms with Gasteiger partial charge in [-0.1, -0.05) is 6.07 Å². The first-order valence-electron chi connectivity index (χ1n) is 5.57. The van der Waals surface area contributed by atoms with Crippen LogP contribution in [0.4, 0.5) is 5.69 Å². The second-order valence-corrected chi connectivity index (χ2v) is 4.18. The first-order valence-corrected chi connectivity index (χ1v) is 5.57. The highest BCUT2D eigenvalue weighted by atomic mass is 16.3. The Hall–Kier alpha value is -2.30. The van der Waals surface area contributed by atoms with E-state index in [1.807, 2.05) is 6.92 Å². The van der Waals surface area contributed by atoms with Gasteiger partial charge in [-0.05, 0) is 25.1 Å². The van der Waals surface area contributed by atoms with Crippen LogP contribution in [-0.2, 0) is 7.05 Å². The summed E-state index contributed by atoms with van der Waals surface area (Å²) in [5.41, 5.74) is 1.94. The fourth-order valence-corrected chi connectivity index (χ4v) is 1.66. The van der Waals surface area contributed by atoms with Crippen molar-refractivity contribution in [3.8, 4) is 5.75 Å². The maximum absolute atomic E-state index is 12.2. The third-order valence-corrected chi connectivity index (χ3v) is 2.85. The normalized spacial score (nSPS) is 10.4. The van der Waals surface area contributed by atoms with Crippen LogP contribution >= 0.6 is 0 Å². The summed E-state index contributed by atoms with van der Waals surface area (Å²) in [5.74, 6) is -0.0753. The number of phenols is 1. The van der Waals surface area contributed by atoms with E-state index in [-0.39, 0.29) is 11.7 Å². The number of anilines is 1. The van der Waals surface area contributed by atoms with Crippen molar-refractivity contribution in [2.45, 2.75) is 6.92 Å². The molecule has 0 aliphatic carbocycles. The van der Waals surface area contributed by atoms with Gasteiger partial charge in [-0.25, -0.2) is 0 Å². The highest BCUT2D eigenvalue weighted by Gasteiger charge is 2.17. The Morgan fingerprint density at radius 2 is 2.11 bits per heavy atom. The fraction of sp³-hybridized carbons (Fsp3) is 0.231. The number of aromatic hydroxyl groups is 1. The van der Waals surface area contributed by atoms with E-state index >= 15 is 0 Å². The van der Waals surface area contributed by atoms with E-state index < -0.39 is 0 Å². The number of rotatable bonds is 2. The molecule has 0 bridgehead atoms. The van der Waals surface area contributed by atoms with E-state index in [0.29, 0.717) is 11.4 Å². The summed E-state index contributed by atoms with van der Waals surface area (Å²) in [5, 5.41) is 13.5. The first kappa shape index (κ1) is 12.2. The molecule has 1 amide bonds. The van der Waals surface area contributed by atoms with E-state index in [9.17, 15) is 9.90 Å². The Bertz CT molecular complexity index is 570. The minimum Gasteiger partial charge on any atom is -0.508 e. The zero-order valence-electron chi connectivity index (χ0n) is 10.6. The highest BCUT2D eigenvalue weighted by molar-refractivity contribution is 6.04. The van der Waals surface area contributed by atoms with Crippen LogP contribution in [0.15, 0.2) is 30.3 Å². The predicted octanol–water partition coefficient (Wildman–Crippen LogP) is 1.71. The summed E-state index contributed by atoms with van der Waals surface area (Å²) in [4.78, 5) is 13.7. The number of phenolic OH excluding ortho intramolecular Hbond substituents is 1. The van der Waals surface area contributed by atoms with Crippen molar-refractivity contribution in [2.75, 3.05) is 11.9 Å². The van der Waals surface area contributed by atoms with Crippen LogP contribution in [0.1, 0.15) is 16.2 Å². The lowest BCUT2D eigenvalue weighted by atomic mass is 10.2. The molecule has 2 rings (SSSR count). The van der Waals surface area contributed by atoms with Crippen molar-refractivity contribution >= 4 is 11.6 Å². The standard InChI is InChI=1S/C13H15N3O2/c1-9-7-12(14-16(9)3)13(18)15(2)10-5-4-6-11(17)8-10/h4-8,17H,1-3H3. The third-order valence-electron chi connectivity index (χ3n) is 2.85. The van der Waals surface area contributed by atoms with Gasteiger partial charge in [0.2, 0.25) is 0 Å². The Morgan fingerprint density at radius 1 is 1.39 bits per heavy atom. The molecule has 18 heavy (non-hydrogen) atoms. The van der Waals surface area contributed by atoms with Gasteiger partial charge in [-0.3, -0.25) is 9.48 Å². The number of hydrogen-bond acceptors (Lipinski definition) is 3. The van der Waals surface area contributed by atoms with Crippen molar-refractivity contribution in [3.05, 3.63) is 41.7 Å². The number of amides is 1. The third kappa shape index (κ3) is 2.20. The molecule has 0 spiro atoms. The van der Waals surface area contributed by atoms with Crippen LogP contribution in [0.3, 0.4) is 0 Å². The van der Waals surface area contributed by atoms with E-state index in [2.05, 4.69) is 5.10 Å². The number of carbonyl (C=O) groups is 1. The number of benzene rings is 1. The van der Waals surface area contributed by atoms with Crippen LogP contribution in [-0.4, -0.2) is 27.8 Å². The Morgan fingerprint density at radius 3 is 2.67 bits per heavy atom. The number of aryl methyl sites for hydroxylation is 2. The molecule has 0 atom stereocenters. The second kappa shape index (κ2) is 4.52. The number of hydrogen-bond donors (Lipinski definition) is 1. The Balaban J connectivity index is 2.29. The van der Waals surface area contributed by atoms with Gasteiger partial charge in [0.05, 0.1) is 0 Å². The molecule has 0 saturated heterocycles. The monoisotopic (exact) mass is 245 g/mol. The van der Waals surface area contributed by atoms with Crippen molar-refractivity contribution in [1.82, 2.24) is 9.78 Å². The Labute approximate surface area is 105 Å². The SMILES string of the molecule is Cc1cc(C(=O)N(C)c2cccc(O)c2)nn1C. The molecule has 94 valence electrons. The van der Waals surface area contributed by atoms with Crippen molar-refractivity contribution in [2.24, 2.45) is 7.05 Å². The van der Waals surface area contributed by atoms with Crippen LogP contribution < -0.4 is 4.90 Å². The second-order valence-electron chi connectivity index (χ2n) is 4.18. The lowest BCUT2D eigenvalue weighted by Gasteiger charge is -2.15. The minimum absolute atomic E-state index is 0.129. The van der Waals surface area contributed by atoms with Crippen molar-refractivity contribution < 1.29 is 9.90 Å². The average Bonchev–Trinajstić information content (AvgIpc) is 2.68. The summed E-state index contributed by atoms with van der Waals surface area (Å²) in [6.07, 6.45) is 0. The number of nitrogens with zero attached hydrogens (tertiary/aromatic N) is 3. The number of carbonyl (C=O) groups excluding carboxylic acids is 1. The fourth-order valence-electron chi connectivity index (χ4n) is 1.66. The van der Waals surface area contributed by atoms with Gasteiger partial charge >= 0.3 is 0 Å². The maximum Gasteiger partial charge on any atom is 0.278 e. The van der Waals surface area contributed by atoms with Gasteiger partial charge < -0.3 is 10.0 Å².